The Morgan fingerprint density at radius 3 is 2.71 bits per heavy atom. The number of hydrogen-bond donors (Lipinski definition) is 1. The van der Waals surface area contributed by atoms with E-state index < -0.39 is 10.8 Å². The number of hydrogen-bond acceptors (Lipinski definition) is 3. The van der Waals surface area contributed by atoms with Crippen LogP contribution in [0.3, 0.4) is 0 Å². The minimum absolute atomic E-state index is 0.649. The van der Waals surface area contributed by atoms with Crippen LogP contribution in [-0.2, 0) is 10.8 Å². The first-order chi connectivity index (χ1) is 6.59. The van der Waals surface area contributed by atoms with E-state index in [1.165, 1.54) is 0 Å². The van der Waals surface area contributed by atoms with Gasteiger partial charge in [0.15, 0.2) is 0 Å². The Balaban J connectivity index is 2.61. The molecular formula is C10H16N2OS. The molecule has 78 valence electrons. The summed E-state index contributed by atoms with van der Waals surface area (Å²) < 4.78 is 11.7. The number of nitrogens with zero attached hydrogens (tertiary/aromatic N) is 1. The fourth-order valence-corrected chi connectivity index (χ4v) is 2.30. The lowest BCUT2D eigenvalue weighted by atomic mass is 10.3. The highest BCUT2D eigenvalue weighted by molar-refractivity contribution is 7.85. The molecule has 0 aliphatic heterocycles. The third-order valence-electron chi connectivity index (χ3n) is 1.84. The minimum atomic E-state index is -0.936. The number of rotatable bonds is 4. The molecule has 0 saturated carbocycles. The molecule has 0 amide bonds. The summed E-state index contributed by atoms with van der Waals surface area (Å²) in [6, 6.07) is 7.25. The fourth-order valence-electron chi connectivity index (χ4n) is 1.04. The third-order valence-corrected chi connectivity index (χ3v) is 3.18. The first kappa shape index (κ1) is 11.2. The normalized spacial score (nSPS) is 13.1. The molecule has 0 aliphatic carbocycles. The van der Waals surface area contributed by atoms with Crippen LogP contribution in [0.2, 0.25) is 0 Å². The minimum Gasteiger partial charge on any atom is -0.399 e. The molecule has 0 heterocycles. The Kier molecular flexibility index (Phi) is 4.10. The van der Waals surface area contributed by atoms with Crippen molar-refractivity contribution in [2.45, 2.75) is 4.90 Å². The molecule has 0 bridgehead atoms. The van der Waals surface area contributed by atoms with E-state index in [1.54, 1.807) is 12.1 Å². The molecule has 0 radical (unpaired) electrons. The number of benzene rings is 1. The third kappa shape index (κ3) is 3.47. The van der Waals surface area contributed by atoms with Crippen LogP contribution in [0.5, 0.6) is 0 Å². The first-order valence-corrected chi connectivity index (χ1v) is 5.80. The maximum Gasteiger partial charge on any atom is 0.0543 e. The zero-order valence-electron chi connectivity index (χ0n) is 8.56. The van der Waals surface area contributed by atoms with Gasteiger partial charge in [0.1, 0.15) is 0 Å². The number of nitrogen functional groups attached to an aromatic ring is 1. The van der Waals surface area contributed by atoms with Crippen molar-refractivity contribution in [2.24, 2.45) is 0 Å². The Labute approximate surface area is 87.4 Å². The van der Waals surface area contributed by atoms with E-state index in [9.17, 15) is 4.21 Å². The highest BCUT2D eigenvalue weighted by Crippen LogP contribution is 2.10. The van der Waals surface area contributed by atoms with Crippen molar-refractivity contribution in [1.82, 2.24) is 4.90 Å². The van der Waals surface area contributed by atoms with Gasteiger partial charge in [-0.15, -0.1) is 0 Å². The smallest absolute Gasteiger partial charge is 0.0543 e. The second-order valence-corrected chi connectivity index (χ2v) is 5.00. The average molecular weight is 212 g/mol. The van der Waals surface area contributed by atoms with E-state index in [4.69, 9.17) is 5.73 Å². The van der Waals surface area contributed by atoms with E-state index in [0.717, 1.165) is 11.4 Å². The highest BCUT2D eigenvalue weighted by atomic mass is 32.2. The van der Waals surface area contributed by atoms with E-state index in [1.807, 2.05) is 31.1 Å². The Hall–Kier alpha value is -0.870. The second kappa shape index (κ2) is 5.12. The van der Waals surface area contributed by atoms with Crippen LogP contribution in [-0.4, -0.2) is 35.5 Å². The molecule has 1 aromatic carbocycles. The van der Waals surface area contributed by atoms with Gasteiger partial charge < -0.3 is 10.6 Å². The van der Waals surface area contributed by atoms with Gasteiger partial charge in [0, 0.05) is 22.9 Å². The molecular weight excluding hydrogens is 196 g/mol. The maximum absolute atomic E-state index is 11.7. The molecule has 0 spiro atoms. The number of nitrogens with two attached hydrogens (primary N) is 1. The van der Waals surface area contributed by atoms with Gasteiger partial charge in [-0.2, -0.15) is 0 Å². The largest absolute Gasteiger partial charge is 0.399 e. The van der Waals surface area contributed by atoms with Gasteiger partial charge in [0.25, 0.3) is 0 Å². The van der Waals surface area contributed by atoms with Crippen molar-refractivity contribution < 1.29 is 4.21 Å². The molecule has 4 heteroatoms. The molecule has 0 saturated heterocycles. The summed E-state index contributed by atoms with van der Waals surface area (Å²) in [6.45, 7) is 0.821. The monoisotopic (exact) mass is 212 g/mol. The van der Waals surface area contributed by atoms with Gasteiger partial charge in [-0.3, -0.25) is 4.21 Å². The molecule has 1 atom stereocenters. The quantitative estimate of drug-likeness (QED) is 0.755. The van der Waals surface area contributed by atoms with Gasteiger partial charge in [0.2, 0.25) is 0 Å². The lowest BCUT2D eigenvalue weighted by molar-refractivity contribution is 0.435. The van der Waals surface area contributed by atoms with Gasteiger partial charge in [0.05, 0.1) is 10.8 Å². The molecule has 0 fully saturated rings. The summed E-state index contributed by atoms with van der Waals surface area (Å²) in [4.78, 5) is 2.83. The van der Waals surface area contributed by atoms with Crippen molar-refractivity contribution in [3.8, 4) is 0 Å². The summed E-state index contributed by atoms with van der Waals surface area (Å²) in [5.74, 6) is 0.649. The van der Waals surface area contributed by atoms with Crippen LogP contribution in [0, 0.1) is 0 Å². The summed E-state index contributed by atoms with van der Waals surface area (Å²) >= 11 is 0. The van der Waals surface area contributed by atoms with Gasteiger partial charge in [-0.05, 0) is 32.3 Å². The van der Waals surface area contributed by atoms with E-state index >= 15 is 0 Å². The lowest BCUT2D eigenvalue weighted by Gasteiger charge is -2.08. The molecule has 0 aliphatic rings. The van der Waals surface area contributed by atoms with E-state index in [0.29, 0.717) is 11.4 Å². The van der Waals surface area contributed by atoms with Gasteiger partial charge >= 0.3 is 0 Å². The SMILES string of the molecule is CN(C)CCS(=O)c1cccc(N)c1. The zero-order chi connectivity index (χ0) is 10.6. The van der Waals surface area contributed by atoms with E-state index in [2.05, 4.69) is 0 Å². The zero-order valence-corrected chi connectivity index (χ0v) is 9.38. The van der Waals surface area contributed by atoms with Crippen molar-refractivity contribution in [3.63, 3.8) is 0 Å². The van der Waals surface area contributed by atoms with Crippen LogP contribution in [0.15, 0.2) is 29.2 Å². The first-order valence-electron chi connectivity index (χ1n) is 4.48. The average Bonchev–Trinajstić information content (AvgIpc) is 2.14. The Morgan fingerprint density at radius 1 is 1.43 bits per heavy atom. The standard InChI is InChI=1S/C10H16N2OS/c1-12(2)6-7-14(13)10-5-3-4-9(11)8-10/h3-5,8H,6-7,11H2,1-2H3. The van der Waals surface area contributed by atoms with Crippen molar-refractivity contribution >= 4 is 16.5 Å². The van der Waals surface area contributed by atoms with E-state index in [-0.39, 0.29) is 0 Å². The molecule has 1 unspecified atom stereocenters. The van der Waals surface area contributed by atoms with Crippen LogP contribution >= 0.6 is 0 Å². The van der Waals surface area contributed by atoms with Crippen LogP contribution < -0.4 is 5.73 Å². The molecule has 0 aromatic heterocycles. The van der Waals surface area contributed by atoms with Gasteiger partial charge in [-0.25, -0.2) is 0 Å². The molecule has 1 rings (SSSR count). The van der Waals surface area contributed by atoms with Crippen LogP contribution in [0.4, 0.5) is 5.69 Å². The van der Waals surface area contributed by atoms with Gasteiger partial charge in [-0.1, -0.05) is 6.07 Å². The lowest BCUT2D eigenvalue weighted by Crippen LogP contribution is -2.19. The summed E-state index contributed by atoms with van der Waals surface area (Å²) in [5, 5.41) is 0. The Morgan fingerprint density at radius 2 is 2.14 bits per heavy atom. The van der Waals surface area contributed by atoms with Crippen LogP contribution in [0.25, 0.3) is 0 Å². The summed E-state index contributed by atoms with van der Waals surface area (Å²) in [6.07, 6.45) is 0. The predicted octanol–water partition coefficient (Wildman–Crippen LogP) is 0.938. The topological polar surface area (TPSA) is 46.3 Å². The highest BCUT2D eigenvalue weighted by Gasteiger charge is 2.03. The summed E-state index contributed by atoms with van der Waals surface area (Å²) in [7, 11) is 3.00. The fraction of sp³-hybridized carbons (Fsp3) is 0.400. The molecule has 2 N–H and O–H groups in total. The van der Waals surface area contributed by atoms with Crippen LogP contribution in [0.1, 0.15) is 0 Å². The molecule has 1 aromatic rings. The number of anilines is 1. The maximum atomic E-state index is 11.7. The Bertz CT molecular complexity index is 326. The van der Waals surface area contributed by atoms with Crippen molar-refractivity contribution in [2.75, 3.05) is 32.1 Å². The van der Waals surface area contributed by atoms with Crippen molar-refractivity contribution in [1.29, 1.82) is 0 Å². The predicted molar refractivity (Wildman–Crippen MR) is 60.7 cm³/mol. The summed E-state index contributed by atoms with van der Waals surface area (Å²) in [5.41, 5.74) is 6.27. The second-order valence-electron chi connectivity index (χ2n) is 3.43. The molecule has 3 nitrogen and oxygen atoms in total. The van der Waals surface area contributed by atoms with Crippen molar-refractivity contribution in [3.05, 3.63) is 24.3 Å². The molecule has 14 heavy (non-hydrogen) atoms.